The number of ether oxygens (including phenoxy) is 2. The van der Waals surface area contributed by atoms with Crippen LogP contribution in [-0.2, 0) is 4.79 Å². The summed E-state index contributed by atoms with van der Waals surface area (Å²) in [5.74, 6) is 1.23. The molecule has 0 atom stereocenters. The lowest BCUT2D eigenvalue weighted by atomic mass is 10.3. The van der Waals surface area contributed by atoms with Gasteiger partial charge in [0, 0.05) is 18.1 Å². The lowest BCUT2D eigenvalue weighted by molar-refractivity contribution is -0.118. The van der Waals surface area contributed by atoms with Crippen LogP contribution in [0.3, 0.4) is 0 Å². The van der Waals surface area contributed by atoms with E-state index in [9.17, 15) is 4.79 Å². The summed E-state index contributed by atoms with van der Waals surface area (Å²) in [5, 5.41) is 2.73. The molecular weight excluding hydrogens is 280 g/mol. The third kappa shape index (κ3) is 5.44. The number of nitrogens with zero attached hydrogens (tertiary/aromatic N) is 1. The Hall–Kier alpha value is -2.56. The smallest absolute Gasteiger partial charge is 0.262 e. The summed E-state index contributed by atoms with van der Waals surface area (Å²) < 4.78 is 11.0. The second-order valence-corrected chi connectivity index (χ2v) is 4.75. The fourth-order valence-corrected chi connectivity index (χ4v) is 1.75. The monoisotopic (exact) mass is 300 g/mol. The number of carbonyl (C=O) groups excluding carboxylic acids is 1. The second kappa shape index (κ2) is 8.67. The highest BCUT2D eigenvalue weighted by Crippen LogP contribution is 2.17. The molecule has 0 fully saturated rings. The van der Waals surface area contributed by atoms with Gasteiger partial charge in [0.05, 0.1) is 6.61 Å². The topological polar surface area (TPSA) is 60.5 Å². The van der Waals surface area contributed by atoms with E-state index in [0.29, 0.717) is 18.0 Å². The molecule has 0 saturated heterocycles. The first-order valence-corrected chi connectivity index (χ1v) is 7.33. The zero-order chi connectivity index (χ0) is 15.6. The highest BCUT2D eigenvalue weighted by Gasteiger charge is 2.04. The first-order valence-electron chi connectivity index (χ1n) is 7.33. The SMILES string of the molecule is CCCCOc1ccc(OCC(=O)Nc2ccncc2)cc1. The summed E-state index contributed by atoms with van der Waals surface area (Å²) in [4.78, 5) is 15.6. The molecule has 2 rings (SSSR count). The molecule has 1 aromatic carbocycles. The number of rotatable bonds is 8. The predicted octanol–water partition coefficient (Wildman–Crippen LogP) is 3.28. The minimum Gasteiger partial charge on any atom is -0.494 e. The van der Waals surface area contributed by atoms with Crippen LogP contribution in [0, 0.1) is 0 Å². The van der Waals surface area contributed by atoms with Gasteiger partial charge in [0.15, 0.2) is 6.61 Å². The van der Waals surface area contributed by atoms with Crippen molar-refractivity contribution in [3.63, 3.8) is 0 Å². The summed E-state index contributed by atoms with van der Waals surface area (Å²) in [6.45, 7) is 2.79. The van der Waals surface area contributed by atoms with E-state index in [4.69, 9.17) is 9.47 Å². The van der Waals surface area contributed by atoms with E-state index in [1.807, 2.05) is 12.1 Å². The maximum Gasteiger partial charge on any atom is 0.262 e. The van der Waals surface area contributed by atoms with Gasteiger partial charge >= 0.3 is 0 Å². The summed E-state index contributed by atoms with van der Waals surface area (Å²) >= 11 is 0. The molecule has 0 unspecified atom stereocenters. The minimum absolute atomic E-state index is 0.0433. The number of benzene rings is 1. The van der Waals surface area contributed by atoms with Gasteiger partial charge in [-0.25, -0.2) is 0 Å². The van der Waals surface area contributed by atoms with Crippen LogP contribution >= 0.6 is 0 Å². The number of unbranched alkanes of at least 4 members (excludes halogenated alkanes) is 1. The Kier molecular flexibility index (Phi) is 6.23. The molecule has 0 radical (unpaired) electrons. The van der Waals surface area contributed by atoms with Gasteiger partial charge in [0.1, 0.15) is 11.5 Å². The first-order chi connectivity index (χ1) is 10.8. The molecule has 5 heteroatoms. The molecular formula is C17H20N2O3. The summed E-state index contributed by atoms with van der Waals surface area (Å²) in [6, 6.07) is 10.7. The van der Waals surface area contributed by atoms with Crippen molar-refractivity contribution in [2.75, 3.05) is 18.5 Å². The van der Waals surface area contributed by atoms with Crippen molar-refractivity contribution in [2.45, 2.75) is 19.8 Å². The molecule has 1 heterocycles. The number of nitrogens with one attached hydrogen (secondary N) is 1. The third-order valence-corrected chi connectivity index (χ3v) is 2.92. The van der Waals surface area contributed by atoms with Gasteiger partial charge in [-0.1, -0.05) is 13.3 Å². The van der Waals surface area contributed by atoms with Crippen molar-refractivity contribution in [3.8, 4) is 11.5 Å². The van der Waals surface area contributed by atoms with Gasteiger partial charge < -0.3 is 14.8 Å². The number of aromatic nitrogens is 1. The van der Waals surface area contributed by atoms with Crippen molar-refractivity contribution in [3.05, 3.63) is 48.8 Å². The molecule has 22 heavy (non-hydrogen) atoms. The van der Waals surface area contributed by atoms with Crippen molar-refractivity contribution in [2.24, 2.45) is 0 Å². The molecule has 0 aliphatic carbocycles. The average Bonchev–Trinajstić information content (AvgIpc) is 2.55. The summed E-state index contributed by atoms with van der Waals surface area (Å²) in [5.41, 5.74) is 0.697. The molecule has 0 aliphatic heterocycles. The van der Waals surface area contributed by atoms with Gasteiger partial charge in [-0.3, -0.25) is 9.78 Å². The minimum atomic E-state index is -0.213. The zero-order valence-electron chi connectivity index (χ0n) is 12.6. The quantitative estimate of drug-likeness (QED) is 0.760. The van der Waals surface area contributed by atoms with Gasteiger partial charge in [-0.15, -0.1) is 0 Å². The number of carbonyl (C=O) groups is 1. The van der Waals surface area contributed by atoms with Crippen molar-refractivity contribution in [1.29, 1.82) is 0 Å². The predicted molar refractivity (Wildman–Crippen MR) is 85.2 cm³/mol. The van der Waals surface area contributed by atoms with Crippen LogP contribution in [0.4, 0.5) is 5.69 Å². The lowest BCUT2D eigenvalue weighted by Crippen LogP contribution is -2.20. The molecule has 0 bridgehead atoms. The van der Waals surface area contributed by atoms with E-state index in [1.54, 1.807) is 36.7 Å². The van der Waals surface area contributed by atoms with Crippen molar-refractivity contribution >= 4 is 11.6 Å². The van der Waals surface area contributed by atoms with Crippen LogP contribution in [-0.4, -0.2) is 24.1 Å². The van der Waals surface area contributed by atoms with Crippen molar-refractivity contribution in [1.82, 2.24) is 4.98 Å². The Bertz CT molecular complexity index is 570. The molecule has 1 N–H and O–H groups in total. The van der Waals surface area contributed by atoms with Crippen LogP contribution in [0.15, 0.2) is 48.8 Å². The Labute approximate surface area is 130 Å². The number of pyridine rings is 1. The highest BCUT2D eigenvalue weighted by molar-refractivity contribution is 5.91. The maximum atomic E-state index is 11.7. The van der Waals surface area contributed by atoms with Gasteiger partial charge in [0.25, 0.3) is 5.91 Å². The standard InChI is InChI=1S/C17H20N2O3/c1-2-3-12-21-15-4-6-16(7-5-15)22-13-17(20)19-14-8-10-18-11-9-14/h4-11H,2-3,12-13H2,1H3,(H,18,19,20). The van der Waals surface area contributed by atoms with Crippen LogP contribution in [0.5, 0.6) is 11.5 Å². The van der Waals surface area contributed by atoms with E-state index in [0.717, 1.165) is 18.6 Å². The van der Waals surface area contributed by atoms with Crippen molar-refractivity contribution < 1.29 is 14.3 Å². The highest BCUT2D eigenvalue weighted by atomic mass is 16.5. The Morgan fingerprint density at radius 1 is 1.05 bits per heavy atom. The van der Waals surface area contributed by atoms with Crippen LogP contribution < -0.4 is 14.8 Å². The number of hydrogen-bond donors (Lipinski definition) is 1. The normalized spacial score (nSPS) is 10.0. The molecule has 1 amide bonds. The number of anilines is 1. The molecule has 5 nitrogen and oxygen atoms in total. The Balaban J connectivity index is 1.75. The molecule has 2 aromatic rings. The number of amides is 1. The van der Waals surface area contributed by atoms with Gasteiger partial charge in [-0.2, -0.15) is 0 Å². The van der Waals surface area contributed by atoms with Crippen LogP contribution in [0.2, 0.25) is 0 Å². The average molecular weight is 300 g/mol. The Morgan fingerprint density at radius 2 is 1.68 bits per heavy atom. The molecule has 0 spiro atoms. The largest absolute Gasteiger partial charge is 0.494 e. The maximum absolute atomic E-state index is 11.7. The van der Waals surface area contributed by atoms with Gasteiger partial charge in [0.2, 0.25) is 0 Å². The fourth-order valence-electron chi connectivity index (χ4n) is 1.75. The first kappa shape index (κ1) is 15.8. The fraction of sp³-hybridized carbons (Fsp3) is 0.294. The molecule has 116 valence electrons. The van der Waals surface area contributed by atoms with E-state index in [2.05, 4.69) is 17.2 Å². The van der Waals surface area contributed by atoms with E-state index >= 15 is 0 Å². The lowest BCUT2D eigenvalue weighted by Gasteiger charge is -2.09. The second-order valence-electron chi connectivity index (χ2n) is 4.75. The number of hydrogen-bond acceptors (Lipinski definition) is 4. The zero-order valence-corrected chi connectivity index (χ0v) is 12.6. The van der Waals surface area contributed by atoms with Crippen LogP contribution in [0.25, 0.3) is 0 Å². The summed E-state index contributed by atoms with van der Waals surface area (Å²) in [7, 11) is 0. The van der Waals surface area contributed by atoms with Gasteiger partial charge in [-0.05, 0) is 42.8 Å². The van der Waals surface area contributed by atoms with E-state index in [1.165, 1.54) is 0 Å². The molecule has 1 aromatic heterocycles. The molecule has 0 aliphatic rings. The third-order valence-electron chi connectivity index (χ3n) is 2.92. The van der Waals surface area contributed by atoms with E-state index < -0.39 is 0 Å². The summed E-state index contributed by atoms with van der Waals surface area (Å²) in [6.07, 6.45) is 5.38. The van der Waals surface area contributed by atoms with Crippen LogP contribution in [0.1, 0.15) is 19.8 Å². The van der Waals surface area contributed by atoms with E-state index in [-0.39, 0.29) is 12.5 Å². The Morgan fingerprint density at radius 3 is 2.32 bits per heavy atom. The molecule has 0 saturated carbocycles.